The summed E-state index contributed by atoms with van der Waals surface area (Å²) in [6, 6.07) is 14.7. The molecule has 0 N–H and O–H groups in total. The maximum Gasteiger partial charge on any atom is 0.438 e. The predicted octanol–water partition coefficient (Wildman–Crippen LogP) is 2.63. The molecule has 110 valence electrons. The van der Waals surface area contributed by atoms with Crippen LogP contribution in [-0.4, -0.2) is 27.8 Å². The minimum absolute atomic E-state index is 0.468. The quantitative estimate of drug-likeness (QED) is 0.745. The highest BCUT2D eigenvalue weighted by Gasteiger charge is 2.16. The van der Waals surface area contributed by atoms with Crippen molar-refractivity contribution in [2.75, 3.05) is 11.9 Å². The zero-order valence-corrected chi connectivity index (χ0v) is 12.0. The van der Waals surface area contributed by atoms with Gasteiger partial charge in [0.1, 0.15) is 5.69 Å². The molecule has 1 amide bonds. The average molecular weight is 294 g/mol. The Kier molecular flexibility index (Phi) is 3.82. The highest BCUT2D eigenvalue weighted by Crippen LogP contribution is 2.14. The van der Waals surface area contributed by atoms with Crippen molar-refractivity contribution in [1.29, 1.82) is 0 Å². The first-order valence-electron chi connectivity index (χ1n) is 6.71. The van der Waals surface area contributed by atoms with Crippen LogP contribution in [0.5, 0.6) is 0 Å². The van der Waals surface area contributed by atoms with E-state index in [9.17, 15) is 4.79 Å². The van der Waals surface area contributed by atoms with Crippen LogP contribution in [-0.2, 0) is 0 Å². The van der Waals surface area contributed by atoms with E-state index in [4.69, 9.17) is 4.84 Å². The molecule has 0 fully saturated rings. The lowest BCUT2D eigenvalue weighted by molar-refractivity contribution is 0.143. The van der Waals surface area contributed by atoms with Gasteiger partial charge in [0.15, 0.2) is 5.82 Å². The molecule has 0 unspecified atom stereocenters. The van der Waals surface area contributed by atoms with Gasteiger partial charge in [-0.15, -0.1) is 0 Å². The molecule has 6 heteroatoms. The second-order valence-corrected chi connectivity index (χ2v) is 4.54. The fourth-order valence-electron chi connectivity index (χ4n) is 1.94. The lowest BCUT2D eigenvalue weighted by Gasteiger charge is -2.17. The Labute approximate surface area is 127 Å². The number of aromatic nitrogens is 3. The maximum atomic E-state index is 12.2. The van der Waals surface area contributed by atoms with E-state index in [1.165, 1.54) is 9.63 Å². The fraction of sp³-hybridized carbons (Fsp3) is 0.0625. The van der Waals surface area contributed by atoms with Crippen LogP contribution < -0.4 is 9.74 Å². The summed E-state index contributed by atoms with van der Waals surface area (Å²) < 4.78 is 1.31. The highest BCUT2D eigenvalue weighted by molar-refractivity contribution is 5.87. The summed E-state index contributed by atoms with van der Waals surface area (Å²) in [6.45, 7) is 0. The molecular weight excluding hydrogens is 280 g/mol. The van der Waals surface area contributed by atoms with E-state index in [-0.39, 0.29) is 0 Å². The SMILES string of the molecule is CN(C(=O)On1ccnc1-c1ccccn1)c1ccccc1. The van der Waals surface area contributed by atoms with Gasteiger partial charge in [-0.2, -0.15) is 4.73 Å². The van der Waals surface area contributed by atoms with Gasteiger partial charge in [-0.3, -0.25) is 9.88 Å². The van der Waals surface area contributed by atoms with Gasteiger partial charge in [0.2, 0.25) is 0 Å². The topological polar surface area (TPSA) is 60.2 Å². The molecule has 0 atom stereocenters. The summed E-state index contributed by atoms with van der Waals surface area (Å²) >= 11 is 0. The Hall–Kier alpha value is -3.15. The average Bonchev–Trinajstić information content (AvgIpc) is 3.04. The van der Waals surface area contributed by atoms with Crippen molar-refractivity contribution in [2.45, 2.75) is 0 Å². The van der Waals surface area contributed by atoms with Crippen molar-refractivity contribution in [3.63, 3.8) is 0 Å². The molecule has 6 nitrogen and oxygen atoms in total. The molecule has 0 saturated heterocycles. The fourth-order valence-corrected chi connectivity index (χ4v) is 1.94. The Morgan fingerprint density at radius 2 is 1.82 bits per heavy atom. The molecule has 2 aromatic heterocycles. The number of hydrogen-bond donors (Lipinski definition) is 0. The van der Waals surface area contributed by atoms with Gasteiger partial charge in [-0.25, -0.2) is 9.78 Å². The summed E-state index contributed by atoms with van der Waals surface area (Å²) in [5, 5.41) is 0. The molecule has 3 aromatic rings. The highest BCUT2D eigenvalue weighted by atomic mass is 16.7. The third kappa shape index (κ3) is 2.80. The van der Waals surface area contributed by atoms with Gasteiger partial charge in [0.25, 0.3) is 0 Å². The van der Waals surface area contributed by atoms with Crippen molar-refractivity contribution in [2.24, 2.45) is 0 Å². The number of rotatable bonds is 3. The first kappa shape index (κ1) is 13.8. The smallest absolute Gasteiger partial charge is 0.315 e. The van der Waals surface area contributed by atoms with Crippen molar-refractivity contribution < 1.29 is 9.63 Å². The second kappa shape index (κ2) is 6.09. The molecule has 3 rings (SSSR count). The molecule has 0 aliphatic carbocycles. The molecule has 0 saturated carbocycles. The largest absolute Gasteiger partial charge is 0.438 e. The van der Waals surface area contributed by atoms with Crippen LogP contribution in [0.4, 0.5) is 10.5 Å². The second-order valence-electron chi connectivity index (χ2n) is 4.54. The van der Waals surface area contributed by atoms with Crippen molar-refractivity contribution in [3.8, 4) is 11.5 Å². The molecular formula is C16H14N4O2. The van der Waals surface area contributed by atoms with Crippen molar-refractivity contribution in [1.82, 2.24) is 14.7 Å². The lowest BCUT2D eigenvalue weighted by Crippen LogP contribution is -2.34. The number of nitrogens with zero attached hydrogens (tertiary/aromatic N) is 4. The number of para-hydroxylation sites is 1. The third-order valence-electron chi connectivity index (χ3n) is 3.10. The monoisotopic (exact) mass is 294 g/mol. The molecule has 1 aromatic carbocycles. The number of carbonyl (C=O) groups excluding carboxylic acids is 1. The van der Waals surface area contributed by atoms with Crippen LogP contribution in [0.15, 0.2) is 67.1 Å². The van der Waals surface area contributed by atoms with Gasteiger partial charge < -0.3 is 4.84 Å². The van der Waals surface area contributed by atoms with E-state index < -0.39 is 6.09 Å². The predicted molar refractivity (Wildman–Crippen MR) is 82.3 cm³/mol. The van der Waals surface area contributed by atoms with Crippen LogP contribution in [0.25, 0.3) is 11.5 Å². The van der Waals surface area contributed by atoms with Crippen LogP contribution in [0.2, 0.25) is 0 Å². The lowest BCUT2D eigenvalue weighted by atomic mass is 10.3. The van der Waals surface area contributed by atoms with Gasteiger partial charge in [0.05, 0.1) is 6.20 Å². The van der Waals surface area contributed by atoms with E-state index in [0.717, 1.165) is 5.69 Å². The number of pyridine rings is 1. The first-order valence-corrected chi connectivity index (χ1v) is 6.71. The summed E-state index contributed by atoms with van der Waals surface area (Å²) in [5.74, 6) is 0.468. The molecule has 0 bridgehead atoms. The summed E-state index contributed by atoms with van der Waals surface area (Å²) in [4.78, 5) is 27.4. The van der Waals surface area contributed by atoms with E-state index in [1.807, 2.05) is 42.5 Å². The summed E-state index contributed by atoms with van der Waals surface area (Å²) in [6.07, 6.45) is 4.27. The minimum Gasteiger partial charge on any atom is -0.315 e. The molecule has 0 spiro atoms. The first-order chi connectivity index (χ1) is 10.8. The zero-order chi connectivity index (χ0) is 15.4. The van der Waals surface area contributed by atoms with E-state index in [0.29, 0.717) is 11.5 Å². The van der Waals surface area contributed by atoms with Crippen LogP contribution in [0.3, 0.4) is 0 Å². The van der Waals surface area contributed by atoms with Crippen LogP contribution >= 0.6 is 0 Å². The van der Waals surface area contributed by atoms with Crippen molar-refractivity contribution >= 4 is 11.8 Å². The van der Waals surface area contributed by atoms with Gasteiger partial charge in [-0.1, -0.05) is 24.3 Å². The number of imidazole rings is 1. The van der Waals surface area contributed by atoms with E-state index in [2.05, 4.69) is 9.97 Å². The van der Waals surface area contributed by atoms with Crippen LogP contribution in [0.1, 0.15) is 0 Å². The number of hydrogen-bond acceptors (Lipinski definition) is 4. The standard InChI is InChI=1S/C16H14N4O2/c1-19(13-7-3-2-4-8-13)16(21)22-20-12-11-18-15(20)14-9-5-6-10-17-14/h2-12H,1H3. The van der Waals surface area contributed by atoms with E-state index >= 15 is 0 Å². The van der Waals surface area contributed by atoms with Crippen molar-refractivity contribution in [3.05, 3.63) is 67.1 Å². The molecule has 0 aliphatic rings. The van der Waals surface area contributed by atoms with Gasteiger partial charge in [-0.05, 0) is 24.3 Å². The number of anilines is 1. The third-order valence-corrected chi connectivity index (χ3v) is 3.10. The Bertz CT molecular complexity index is 756. The molecule has 2 heterocycles. The normalized spacial score (nSPS) is 10.2. The van der Waals surface area contributed by atoms with Gasteiger partial charge in [0, 0.05) is 25.1 Å². The Morgan fingerprint density at radius 1 is 1.05 bits per heavy atom. The van der Waals surface area contributed by atoms with Gasteiger partial charge >= 0.3 is 6.09 Å². The molecule has 0 aliphatic heterocycles. The molecule has 22 heavy (non-hydrogen) atoms. The van der Waals surface area contributed by atoms with Crippen LogP contribution in [0, 0.1) is 0 Å². The maximum absolute atomic E-state index is 12.2. The summed E-state index contributed by atoms with van der Waals surface area (Å²) in [5.41, 5.74) is 1.37. The zero-order valence-electron chi connectivity index (χ0n) is 12.0. The number of amides is 1. The minimum atomic E-state index is -0.513. The molecule has 0 radical (unpaired) electrons. The Morgan fingerprint density at radius 3 is 2.55 bits per heavy atom. The number of carbonyl (C=O) groups is 1. The summed E-state index contributed by atoms with van der Waals surface area (Å²) in [7, 11) is 1.65. The Balaban J connectivity index is 1.80. The van der Waals surface area contributed by atoms with E-state index in [1.54, 1.807) is 31.7 Å². The number of benzene rings is 1.